The Balaban J connectivity index is 0. The van der Waals surface area contributed by atoms with E-state index in [1.165, 1.54) is 0 Å². The normalized spacial score (nSPS) is 8.50. The monoisotopic (exact) mass is 128 g/mol. The van der Waals surface area contributed by atoms with Crippen LogP contribution in [0.15, 0.2) is 0 Å². The second kappa shape index (κ2) is 4.33. The predicted octanol–water partition coefficient (Wildman–Crippen LogP) is 0.985. The van der Waals surface area contributed by atoms with E-state index in [9.17, 15) is 13.2 Å². The molecule has 0 rings (SSSR count). The zero-order chi connectivity index (χ0) is 7.21. The molecule has 0 amide bonds. The molecule has 0 bridgehead atoms. The van der Waals surface area contributed by atoms with Crippen LogP contribution in [-0.4, -0.2) is 12.3 Å². The van der Waals surface area contributed by atoms with Crippen molar-refractivity contribution in [1.82, 2.24) is 0 Å². The average Bonchev–Trinajstić information content (AvgIpc) is 1.27. The summed E-state index contributed by atoms with van der Waals surface area (Å²) >= 11 is 0. The molecule has 0 fully saturated rings. The molecule has 2 nitrogen and oxygen atoms in total. The van der Waals surface area contributed by atoms with Crippen LogP contribution in [0.1, 0.15) is 6.92 Å². The summed E-state index contributed by atoms with van der Waals surface area (Å²) in [6, 6.07) is 0. The van der Waals surface area contributed by atoms with Gasteiger partial charge in [-0.25, -0.2) is 0 Å². The Morgan fingerprint density at radius 3 is 1.25 bits per heavy atom. The van der Waals surface area contributed by atoms with Crippen molar-refractivity contribution in [3.05, 3.63) is 0 Å². The Bertz CT molecular complexity index is 73.0. The van der Waals surface area contributed by atoms with Gasteiger partial charge in [-0.15, -0.1) is 0 Å². The van der Waals surface area contributed by atoms with Crippen LogP contribution in [0.5, 0.6) is 0 Å². The maximum Gasteiger partial charge on any atom is 0.386 e. The molecule has 0 aliphatic rings. The fourth-order valence-corrected chi connectivity index (χ4v) is 0. The van der Waals surface area contributed by atoms with E-state index in [-0.39, 0.29) is 13.1 Å². The van der Waals surface area contributed by atoms with Gasteiger partial charge in [0.1, 0.15) is 0 Å². The first-order valence-corrected chi connectivity index (χ1v) is 1.48. The summed E-state index contributed by atoms with van der Waals surface area (Å²) in [5, 5.41) is 0. The molecular weight excluding hydrogens is 125 g/mol. The summed E-state index contributed by atoms with van der Waals surface area (Å²) < 4.78 is 31.1. The molecule has 0 aromatic carbocycles. The van der Waals surface area contributed by atoms with Gasteiger partial charge in [-0.1, -0.05) is 0 Å². The molecule has 0 radical (unpaired) electrons. The molecule has 0 heterocycles. The summed E-state index contributed by atoms with van der Waals surface area (Å²) in [4.78, 5) is 16.2. The molecule has 0 N–H and O–H groups in total. The second-order valence-electron chi connectivity index (χ2n) is 0.865. The fourth-order valence-electron chi connectivity index (χ4n) is 0. The molecule has 0 saturated carbocycles. The quantitative estimate of drug-likeness (QED) is 0.487. The lowest BCUT2D eigenvalue weighted by Crippen LogP contribution is -1.95. The van der Waals surface area contributed by atoms with Crippen LogP contribution in [0, 0.1) is 0 Å². The zero-order valence-electron chi connectivity index (χ0n) is 3.95. The summed E-state index contributed by atoms with van der Waals surface area (Å²) in [5.41, 5.74) is 0. The van der Waals surface area contributed by atoms with Crippen LogP contribution in [0.2, 0.25) is 0 Å². The minimum Gasteiger partial charge on any atom is -0.186 e. The van der Waals surface area contributed by atoms with Crippen LogP contribution < -0.4 is 0 Å². The van der Waals surface area contributed by atoms with Gasteiger partial charge >= 0.3 is 12.3 Å². The van der Waals surface area contributed by atoms with Crippen molar-refractivity contribution in [2.24, 2.45) is 0 Å². The van der Waals surface area contributed by atoms with Crippen molar-refractivity contribution in [2.45, 2.75) is 13.1 Å². The third-order valence-electron chi connectivity index (χ3n) is 0. The SMILES string of the molecule is CC(F)(F)F.O=C=O. The van der Waals surface area contributed by atoms with Gasteiger partial charge in [0.2, 0.25) is 0 Å². The third-order valence-corrected chi connectivity index (χ3v) is 0. The molecule has 48 valence electrons. The van der Waals surface area contributed by atoms with E-state index in [0.717, 1.165) is 0 Å². The highest BCUT2D eigenvalue weighted by Crippen LogP contribution is 2.10. The highest BCUT2D eigenvalue weighted by Gasteiger charge is 2.15. The Labute approximate surface area is 43.3 Å². The lowest BCUT2D eigenvalue weighted by atomic mass is 10.8. The molecule has 0 aromatic rings. The number of carbonyl (C=O) groups excluding carboxylic acids is 2. The predicted molar refractivity (Wildman–Crippen MR) is 16.7 cm³/mol. The van der Waals surface area contributed by atoms with Crippen LogP contribution in [-0.2, 0) is 9.59 Å². The molecular formula is C3H3F3O2. The molecule has 0 aliphatic carbocycles. The molecule has 8 heavy (non-hydrogen) atoms. The summed E-state index contributed by atoms with van der Waals surface area (Å²) in [6.07, 6.45) is -3.75. The van der Waals surface area contributed by atoms with Gasteiger partial charge < -0.3 is 0 Å². The minimum absolute atomic E-state index is 0.188. The topological polar surface area (TPSA) is 34.1 Å². The first-order chi connectivity index (χ1) is 3.41. The standard InChI is InChI=1S/C2H3F3.CO2/c1-2(3,4)5;2-1-3/h1H3;. The summed E-state index contributed by atoms with van der Waals surface area (Å²) in [7, 11) is 0. The third kappa shape index (κ3) is 130. The van der Waals surface area contributed by atoms with E-state index >= 15 is 0 Å². The van der Waals surface area contributed by atoms with Crippen molar-refractivity contribution in [2.75, 3.05) is 0 Å². The van der Waals surface area contributed by atoms with Crippen molar-refractivity contribution < 1.29 is 22.8 Å². The minimum atomic E-state index is -4.00. The van der Waals surface area contributed by atoms with Crippen molar-refractivity contribution in [3.8, 4) is 0 Å². The van der Waals surface area contributed by atoms with E-state index < -0.39 is 6.18 Å². The van der Waals surface area contributed by atoms with E-state index in [1.807, 2.05) is 0 Å². The number of hydrogen-bond acceptors (Lipinski definition) is 2. The smallest absolute Gasteiger partial charge is 0.186 e. The van der Waals surface area contributed by atoms with E-state index in [4.69, 9.17) is 9.59 Å². The van der Waals surface area contributed by atoms with Gasteiger partial charge in [-0.3, -0.25) is 0 Å². The molecule has 0 saturated heterocycles. The number of hydrogen-bond donors (Lipinski definition) is 0. The Morgan fingerprint density at radius 1 is 1.25 bits per heavy atom. The molecule has 5 heteroatoms. The van der Waals surface area contributed by atoms with Crippen molar-refractivity contribution in [3.63, 3.8) is 0 Å². The van der Waals surface area contributed by atoms with Gasteiger partial charge in [0.15, 0.2) is 0 Å². The van der Waals surface area contributed by atoms with Gasteiger partial charge in [0.05, 0.1) is 0 Å². The van der Waals surface area contributed by atoms with E-state index in [0.29, 0.717) is 0 Å². The van der Waals surface area contributed by atoms with E-state index in [1.54, 1.807) is 0 Å². The number of halogens is 3. The van der Waals surface area contributed by atoms with Gasteiger partial charge in [-0.2, -0.15) is 22.8 Å². The molecule has 0 aliphatic heterocycles. The Morgan fingerprint density at radius 2 is 1.25 bits per heavy atom. The van der Waals surface area contributed by atoms with Crippen molar-refractivity contribution >= 4 is 6.15 Å². The van der Waals surface area contributed by atoms with Gasteiger partial charge in [-0.05, 0) is 0 Å². The first kappa shape index (κ1) is 10.2. The molecule has 0 atom stereocenters. The number of rotatable bonds is 0. The highest BCUT2D eigenvalue weighted by atomic mass is 19.4. The molecule has 0 spiro atoms. The maximum atomic E-state index is 10.4. The Hall–Kier alpha value is -0.830. The lowest BCUT2D eigenvalue weighted by molar-refractivity contribution is -0.191. The fraction of sp³-hybridized carbons (Fsp3) is 0.667. The van der Waals surface area contributed by atoms with Gasteiger partial charge in [0, 0.05) is 6.92 Å². The lowest BCUT2D eigenvalue weighted by Gasteiger charge is -1.88. The van der Waals surface area contributed by atoms with Gasteiger partial charge in [0.25, 0.3) is 0 Å². The van der Waals surface area contributed by atoms with E-state index in [2.05, 4.69) is 0 Å². The largest absolute Gasteiger partial charge is 0.386 e. The zero-order valence-corrected chi connectivity index (χ0v) is 3.95. The first-order valence-electron chi connectivity index (χ1n) is 1.48. The van der Waals surface area contributed by atoms with Crippen LogP contribution in [0.25, 0.3) is 0 Å². The van der Waals surface area contributed by atoms with Crippen LogP contribution in [0.4, 0.5) is 13.2 Å². The highest BCUT2D eigenvalue weighted by molar-refractivity contribution is 5.20. The Kier molecular flexibility index (Phi) is 5.53. The summed E-state index contributed by atoms with van der Waals surface area (Å²) in [6.45, 7) is 0.188. The number of alkyl halides is 3. The van der Waals surface area contributed by atoms with Crippen LogP contribution in [0.3, 0.4) is 0 Å². The summed E-state index contributed by atoms with van der Waals surface area (Å²) in [5.74, 6) is 0. The second-order valence-corrected chi connectivity index (χ2v) is 0.865. The molecule has 0 aromatic heterocycles. The van der Waals surface area contributed by atoms with Crippen molar-refractivity contribution in [1.29, 1.82) is 0 Å². The molecule has 0 unspecified atom stereocenters. The maximum absolute atomic E-state index is 10.4. The average molecular weight is 128 g/mol. The van der Waals surface area contributed by atoms with Crippen LogP contribution >= 0.6 is 0 Å².